The summed E-state index contributed by atoms with van der Waals surface area (Å²) in [6.45, 7) is 7.35. The van der Waals surface area contributed by atoms with Gasteiger partial charge in [-0.15, -0.1) is 0 Å². The maximum atomic E-state index is 10.6. The van der Waals surface area contributed by atoms with E-state index in [1.165, 1.54) is 6.92 Å². The van der Waals surface area contributed by atoms with Crippen molar-refractivity contribution in [1.82, 2.24) is 0 Å². The number of carbonyl (C=O) groups is 1. The Labute approximate surface area is 56.9 Å². The van der Waals surface area contributed by atoms with E-state index >= 15 is 0 Å². The first-order valence-electron chi connectivity index (χ1n) is 3.04. The minimum Gasteiger partial charge on any atom is -0.389 e. The number of aliphatic hydroxyl groups excluding tert-OH is 1. The molecule has 0 fully saturated rings. The maximum Gasteiger partial charge on any atom is 0.154 e. The summed E-state index contributed by atoms with van der Waals surface area (Å²) >= 11 is 0. The third-order valence-corrected chi connectivity index (χ3v) is 3.25. The Morgan fingerprint density at radius 1 is 1.44 bits per heavy atom. The van der Waals surface area contributed by atoms with Crippen molar-refractivity contribution < 1.29 is 9.90 Å². The Hall–Kier alpha value is -0.153. The fourth-order valence-corrected chi connectivity index (χ4v) is 1.83. The molecule has 0 aliphatic carbocycles. The summed E-state index contributed by atoms with van der Waals surface area (Å²) in [7, 11) is -1.62. The highest BCUT2D eigenvalue weighted by Gasteiger charge is 2.27. The SMILES string of the molecule is CC(=O)C(O)[Si](C)(C)C. The Bertz CT molecular complexity index is 115. The number of ketones is 1. The van der Waals surface area contributed by atoms with Crippen LogP contribution in [0, 0.1) is 0 Å². The number of rotatable bonds is 2. The average Bonchev–Trinajstić information content (AvgIpc) is 1.62. The number of carbonyl (C=O) groups excluding carboxylic acids is 1. The lowest BCUT2D eigenvalue weighted by molar-refractivity contribution is -0.121. The Morgan fingerprint density at radius 2 is 1.78 bits per heavy atom. The number of hydrogen-bond donors (Lipinski definition) is 1. The molecule has 3 heteroatoms. The molecule has 0 radical (unpaired) electrons. The number of hydrogen-bond acceptors (Lipinski definition) is 2. The van der Waals surface area contributed by atoms with E-state index in [4.69, 9.17) is 0 Å². The quantitative estimate of drug-likeness (QED) is 0.585. The minimum atomic E-state index is -1.62. The molecule has 0 aromatic carbocycles. The number of Topliss-reactive ketones (excluding diaryl/α,β-unsaturated/α-hetero) is 1. The van der Waals surface area contributed by atoms with Crippen molar-refractivity contribution in [2.24, 2.45) is 0 Å². The van der Waals surface area contributed by atoms with Gasteiger partial charge < -0.3 is 5.11 Å². The molecule has 9 heavy (non-hydrogen) atoms. The third kappa shape index (κ3) is 2.77. The first-order chi connectivity index (χ1) is 3.85. The predicted molar refractivity (Wildman–Crippen MR) is 40.0 cm³/mol. The molecule has 0 aliphatic rings. The highest BCUT2D eigenvalue weighted by molar-refractivity contribution is 6.80. The first kappa shape index (κ1) is 8.85. The Morgan fingerprint density at radius 3 is 1.78 bits per heavy atom. The van der Waals surface area contributed by atoms with Crippen LogP contribution in [0.3, 0.4) is 0 Å². The molecule has 0 aromatic rings. The molecule has 54 valence electrons. The van der Waals surface area contributed by atoms with Crippen molar-refractivity contribution in [3.05, 3.63) is 0 Å². The summed E-state index contributed by atoms with van der Waals surface area (Å²) in [6, 6.07) is 0. The van der Waals surface area contributed by atoms with Crippen molar-refractivity contribution in [1.29, 1.82) is 0 Å². The van der Waals surface area contributed by atoms with Crippen LogP contribution in [0.4, 0.5) is 0 Å². The molecule has 0 rings (SSSR count). The topological polar surface area (TPSA) is 37.3 Å². The van der Waals surface area contributed by atoms with Crippen LogP contribution in [0.2, 0.25) is 19.6 Å². The van der Waals surface area contributed by atoms with E-state index in [1.807, 2.05) is 19.6 Å². The van der Waals surface area contributed by atoms with Crippen LogP contribution in [-0.4, -0.2) is 24.7 Å². The first-order valence-corrected chi connectivity index (χ1v) is 6.62. The monoisotopic (exact) mass is 146 g/mol. The van der Waals surface area contributed by atoms with E-state index in [-0.39, 0.29) is 5.78 Å². The molecule has 0 heterocycles. The molecule has 0 spiro atoms. The molecule has 0 saturated carbocycles. The summed E-state index contributed by atoms with van der Waals surface area (Å²) in [5, 5.41) is 9.18. The van der Waals surface area contributed by atoms with Crippen LogP contribution in [0.5, 0.6) is 0 Å². The zero-order valence-corrected chi connectivity index (χ0v) is 7.43. The van der Waals surface area contributed by atoms with Gasteiger partial charge in [0.1, 0.15) is 5.73 Å². The normalized spacial score (nSPS) is 15.2. The Kier molecular flexibility index (Phi) is 2.58. The molecule has 1 atom stereocenters. The van der Waals surface area contributed by atoms with Crippen molar-refractivity contribution in [3.8, 4) is 0 Å². The van der Waals surface area contributed by atoms with Gasteiger partial charge in [0, 0.05) is 0 Å². The maximum absolute atomic E-state index is 10.6. The van der Waals surface area contributed by atoms with Gasteiger partial charge in [0.2, 0.25) is 0 Å². The lowest BCUT2D eigenvalue weighted by atomic mass is 10.5. The fraction of sp³-hybridized carbons (Fsp3) is 0.833. The lowest BCUT2D eigenvalue weighted by Gasteiger charge is -2.20. The fourth-order valence-electron chi connectivity index (χ4n) is 0.610. The van der Waals surface area contributed by atoms with Crippen molar-refractivity contribution in [3.63, 3.8) is 0 Å². The zero-order chi connectivity index (χ0) is 7.65. The Balaban J connectivity index is 4.04. The largest absolute Gasteiger partial charge is 0.389 e. The van der Waals surface area contributed by atoms with Crippen molar-refractivity contribution >= 4 is 13.9 Å². The minimum absolute atomic E-state index is 0.103. The van der Waals surface area contributed by atoms with Gasteiger partial charge in [0.25, 0.3) is 0 Å². The molecule has 0 aliphatic heterocycles. The molecular weight excluding hydrogens is 132 g/mol. The molecule has 1 unspecified atom stereocenters. The van der Waals surface area contributed by atoms with Crippen LogP contribution in [0.15, 0.2) is 0 Å². The number of aliphatic hydroxyl groups is 1. The summed E-state index contributed by atoms with van der Waals surface area (Å²) < 4.78 is 0. The van der Waals surface area contributed by atoms with Crippen LogP contribution >= 0.6 is 0 Å². The average molecular weight is 146 g/mol. The second-order valence-electron chi connectivity index (χ2n) is 3.38. The molecular formula is C6H14O2Si. The molecule has 0 aromatic heterocycles. The van der Waals surface area contributed by atoms with Gasteiger partial charge in [-0.25, -0.2) is 0 Å². The highest BCUT2D eigenvalue weighted by atomic mass is 28.3. The van der Waals surface area contributed by atoms with E-state index in [1.54, 1.807) is 0 Å². The molecule has 1 N–H and O–H groups in total. The molecule has 2 nitrogen and oxygen atoms in total. The van der Waals surface area contributed by atoms with Crippen LogP contribution in [0.25, 0.3) is 0 Å². The predicted octanol–water partition coefficient (Wildman–Crippen LogP) is 0.814. The zero-order valence-electron chi connectivity index (χ0n) is 6.43. The standard InChI is InChI=1S/C6H14O2Si/c1-5(7)6(8)9(2,3)4/h6,8H,1-4H3. The van der Waals surface area contributed by atoms with Crippen LogP contribution < -0.4 is 0 Å². The van der Waals surface area contributed by atoms with Crippen LogP contribution in [0.1, 0.15) is 6.92 Å². The second kappa shape index (κ2) is 2.62. The van der Waals surface area contributed by atoms with Gasteiger partial charge in [-0.05, 0) is 6.92 Å². The molecule has 0 amide bonds. The van der Waals surface area contributed by atoms with Gasteiger partial charge in [-0.1, -0.05) is 19.6 Å². The second-order valence-corrected chi connectivity index (χ2v) is 8.66. The van der Waals surface area contributed by atoms with E-state index in [0.717, 1.165) is 0 Å². The van der Waals surface area contributed by atoms with Gasteiger partial charge >= 0.3 is 0 Å². The highest BCUT2D eigenvalue weighted by Crippen LogP contribution is 2.07. The summed E-state index contributed by atoms with van der Waals surface area (Å²) in [4.78, 5) is 10.6. The molecule has 0 bridgehead atoms. The van der Waals surface area contributed by atoms with Gasteiger partial charge in [-0.3, -0.25) is 4.79 Å². The van der Waals surface area contributed by atoms with E-state index < -0.39 is 13.8 Å². The summed E-state index contributed by atoms with van der Waals surface area (Å²) in [6.07, 6.45) is 0. The van der Waals surface area contributed by atoms with Gasteiger partial charge in [-0.2, -0.15) is 0 Å². The summed E-state index contributed by atoms with van der Waals surface area (Å²) in [5.74, 6) is -0.103. The van der Waals surface area contributed by atoms with Gasteiger partial charge in [0.15, 0.2) is 5.78 Å². The molecule has 0 saturated heterocycles. The van der Waals surface area contributed by atoms with Gasteiger partial charge in [0.05, 0.1) is 8.07 Å². The van der Waals surface area contributed by atoms with Crippen molar-refractivity contribution in [2.45, 2.75) is 32.3 Å². The lowest BCUT2D eigenvalue weighted by Crippen LogP contribution is -2.42. The summed E-state index contributed by atoms with van der Waals surface area (Å²) in [5.41, 5.74) is -0.683. The van der Waals surface area contributed by atoms with E-state index in [0.29, 0.717) is 0 Å². The smallest absolute Gasteiger partial charge is 0.154 e. The van der Waals surface area contributed by atoms with Crippen LogP contribution in [-0.2, 0) is 4.79 Å². The van der Waals surface area contributed by atoms with E-state index in [9.17, 15) is 9.90 Å². The third-order valence-electron chi connectivity index (χ3n) is 1.21. The van der Waals surface area contributed by atoms with Crippen molar-refractivity contribution in [2.75, 3.05) is 0 Å². The van der Waals surface area contributed by atoms with E-state index in [2.05, 4.69) is 0 Å².